The summed E-state index contributed by atoms with van der Waals surface area (Å²) < 4.78 is 1.03. The van der Waals surface area contributed by atoms with Gasteiger partial charge in [-0.15, -0.1) is 0 Å². The summed E-state index contributed by atoms with van der Waals surface area (Å²) in [7, 11) is 4.26. The molecule has 0 aromatic heterocycles. The number of likely N-dealkylation sites (N-methyl/N-ethyl adjacent to an activating group) is 1. The molecule has 1 aromatic carbocycles. The number of aliphatic hydroxyl groups excluding tert-OH is 1. The van der Waals surface area contributed by atoms with Crippen LogP contribution in [0, 0.1) is 0 Å². The third-order valence-electron chi connectivity index (χ3n) is 4.00. The van der Waals surface area contributed by atoms with Crippen molar-refractivity contribution in [2.45, 2.75) is 31.4 Å². The van der Waals surface area contributed by atoms with Crippen molar-refractivity contribution >= 4 is 15.9 Å². The van der Waals surface area contributed by atoms with E-state index in [1.54, 1.807) is 0 Å². The Hall–Kier alpha value is -0.420. The molecule has 2 atom stereocenters. The van der Waals surface area contributed by atoms with Crippen molar-refractivity contribution in [3.63, 3.8) is 0 Å². The molecule has 112 valence electrons. The van der Waals surface area contributed by atoms with Gasteiger partial charge >= 0.3 is 0 Å². The Balaban J connectivity index is 1.85. The lowest BCUT2D eigenvalue weighted by Crippen LogP contribution is -2.38. The molecule has 2 rings (SSSR count). The minimum absolute atomic E-state index is 0.367. The second-order valence-corrected chi connectivity index (χ2v) is 6.87. The first kappa shape index (κ1) is 16.0. The lowest BCUT2D eigenvalue weighted by molar-refractivity contribution is 0.131. The van der Waals surface area contributed by atoms with Gasteiger partial charge in [0.05, 0.1) is 6.10 Å². The molecule has 1 aliphatic rings. The molecule has 1 aliphatic heterocycles. The van der Waals surface area contributed by atoms with Crippen LogP contribution in [0.1, 0.15) is 30.9 Å². The van der Waals surface area contributed by atoms with Crippen molar-refractivity contribution in [1.29, 1.82) is 0 Å². The first-order chi connectivity index (χ1) is 9.56. The number of likely N-dealkylation sites (tertiary alicyclic amines) is 1. The number of hydrogen-bond donors (Lipinski definition) is 1. The fraction of sp³-hybridized carbons (Fsp3) is 0.625. The fourth-order valence-electron chi connectivity index (χ4n) is 2.99. The number of halogens is 1. The third kappa shape index (κ3) is 4.55. The van der Waals surface area contributed by atoms with Crippen LogP contribution < -0.4 is 0 Å². The van der Waals surface area contributed by atoms with Crippen molar-refractivity contribution in [3.8, 4) is 0 Å². The molecule has 0 aliphatic carbocycles. The van der Waals surface area contributed by atoms with E-state index in [4.69, 9.17) is 0 Å². The van der Waals surface area contributed by atoms with Gasteiger partial charge in [0.15, 0.2) is 0 Å². The van der Waals surface area contributed by atoms with Crippen LogP contribution in [0.25, 0.3) is 0 Å². The molecule has 1 aromatic rings. The summed E-state index contributed by atoms with van der Waals surface area (Å²) >= 11 is 3.46. The Kier molecular flexibility index (Phi) is 6.02. The van der Waals surface area contributed by atoms with Gasteiger partial charge in [-0.25, -0.2) is 0 Å². The molecule has 20 heavy (non-hydrogen) atoms. The topological polar surface area (TPSA) is 26.7 Å². The molecule has 0 bridgehead atoms. The maximum Gasteiger partial charge on any atom is 0.0802 e. The summed E-state index contributed by atoms with van der Waals surface area (Å²) in [5.74, 6) is 0. The van der Waals surface area contributed by atoms with E-state index in [0.29, 0.717) is 6.04 Å². The van der Waals surface area contributed by atoms with E-state index in [1.807, 2.05) is 24.3 Å². The van der Waals surface area contributed by atoms with Gasteiger partial charge in [-0.3, -0.25) is 4.90 Å². The van der Waals surface area contributed by atoms with E-state index in [0.717, 1.165) is 29.5 Å². The molecule has 0 radical (unpaired) electrons. The maximum atomic E-state index is 10.3. The number of benzene rings is 1. The molecule has 0 saturated carbocycles. The van der Waals surface area contributed by atoms with Crippen molar-refractivity contribution in [1.82, 2.24) is 9.80 Å². The molecule has 1 saturated heterocycles. The first-order valence-corrected chi connectivity index (χ1v) is 8.18. The average Bonchev–Trinajstić information content (AvgIpc) is 2.82. The molecule has 1 heterocycles. The molecular formula is C16H25BrN2O. The monoisotopic (exact) mass is 340 g/mol. The van der Waals surface area contributed by atoms with Gasteiger partial charge in [-0.1, -0.05) is 28.1 Å². The van der Waals surface area contributed by atoms with Gasteiger partial charge < -0.3 is 10.0 Å². The summed E-state index contributed by atoms with van der Waals surface area (Å²) in [5.41, 5.74) is 1.00. The van der Waals surface area contributed by atoms with E-state index < -0.39 is 0 Å². The van der Waals surface area contributed by atoms with Crippen molar-refractivity contribution in [3.05, 3.63) is 34.3 Å². The third-order valence-corrected chi connectivity index (χ3v) is 4.49. The van der Waals surface area contributed by atoms with Gasteiger partial charge in [0.25, 0.3) is 0 Å². The highest BCUT2D eigenvalue weighted by atomic mass is 79.9. The van der Waals surface area contributed by atoms with Crippen LogP contribution in [0.15, 0.2) is 28.7 Å². The summed E-state index contributed by atoms with van der Waals surface area (Å²) in [6.45, 7) is 3.27. The van der Waals surface area contributed by atoms with E-state index in [9.17, 15) is 5.11 Å². The predicted octanol–water partition coefficient (Wildman–Crippen LogP) is 2.90. The van der Waals surface area contributed by atoms with Crippen molar-refractivity contribution in [2.24, 2.45) is 0 Å². The molecule has 1 N–H and O–H groups in total. The lowest BCUT2D eigenvalue weighted by Gasteiger charge is -2.27. The van der Waals surface area contributed by atoms with Crippen LogP contribution in [0.4, 0.5) is 0 Å². The second kappa shape index (κ2) is 7.55. The average molecular weight is 341 g/mol. The second-order valence-electron chi connectivity index (χ2n) is 5.95. The standard InChI is InChI=1S/C16H25BrN2O/c1-18(2)12-15-7-4-9-19(15)10-8-16(20)13-5-3-6-14(17)11-13/h3,5-6,11,15-16,20H,4,7-10,12H2,1-2H3. The number of nitrogens with zero attached hydrogens (tertiary/aromatic N) is 2. The van der Waals surface area contributed by atoms with Gasteiger partial charge in [0.1, 0.15) is 0 Å². The van der Waals surface area contributed by atoms with Crippen LogP contribution in [0.3, 0.4) is 0 Å². The predicted molar refractivity (Wildman–Crippen MR) is 86.9 cm³/mol. The largest absolute Gasteiger partial charge is 0.388 e. The Morgan fingerprint density at radius 3 is 2.95 bits per heavy atom. The minimum Gasteiger partial charge on any atom is -0.388 e. The van der Waals surface area contributed by atoms with Gasteiger partial charge in [0.2, 0.25) is 0 Å². The van der Waals surface area contributed by atoms with E-state index in [2.05, 4.69) is 39.8 Å². The van der Waals surface area contributed by atoms with Gasteiger partial charge in [0, 0.05) is 23.6 Å². The highest BCUT2D eigenvalue weighted by molar-refractivity contribution is 9.10. The first-order valence-electron chi connectivity index (χ1n) is 7.38. The Morgan fingerprint density at radius 2 is 2.25 bits per heavy atom. The number of rotatable bonds is 6. The molecule has 2 unspecified atom stereocenters. The van der Waals surface area contributed by atoms with Crippen LogP contribution in [-0.2, 0) is 0 Å². The molecule has 3 nitrogen and oxygen atoms in total. The Labute approximate surface area is 130 Å². The molecule has 0 spiro atoms. The van der Waals surface area contributed by atoms with Gasteiger partial charge in [-0.05, 0) is 57.6 Å². The summed E-state index contributed by atoms with van der Waals surface area (Å²) in [6.07, 6.45) is 3.00. The molecule has 4 heteroatoms. The molecular weight excluding hydrogens is 316 g/mol. The van der Waals surface area contributed by atoms with E-state index in [1.165, 1.54) is 19.4 Å². The zero-order valence-electron chi connectivity index (χ0n) is 12.4. The van der Waals surface area contributed by atoms with Crippen molar-refractivity contribution < 1.29 is 5.11 Å². The van der Waals surface area contributed by atoms with Crippen LogP contribution in [0.2, 0.25) is 0 Å². The van der Waals surface area contributed by atoms with Crippen molar-refractivity contribution in [2.75, 3.05) is 33.7 Å². The normalized spacial score (nSPS) is 21.6. The summed E-state index contributed by atoms with van der Waals surface area (Å²) in [5, 5.41) is 10.3. The van der Waals surface area contributed by atoms with Crippen LogP contribution in [0.5, 0.6) is 0 Å². The highest BCUT2D eigenvalue weighted by Crippen LogP contribution is 2.23. The van der Waals surface area contributed by atoms with Gasteiger partial charge in [-0.2, -0.15) is 0 Å². The number of hydrogen-bond acceptors (Lipinski definition) is 3. The SMILES string of the molecule is CN(C)CC1CCCN1CCC(O)c1cccc(Br)c1. The van der Waals surface area contributed by atoms with E-state index in [-0.39, 0.29) is 6.10 Å². The minimum atomic E-state index is -0.367. The lowest BCUT2D eigenvalue weighted by atomic mass is 10.1. The Morgan fingerprint density at radius 1 is 1.45 bits per heavy atom. The van der Waals surface area contributed by atoms with E-state index >= 15 is 0 Å². The van der Waals surface area contributed by atoms with Crippen LogP contribution in [-0.4, -0.2) is 54.7 Å². The smallest absolute Gasteiger partial charge is 0.0802 e. The number of aliphatic hydroxyl groups is 1. The maximum absolute atomic E-state index is 10.3. The molecule has 0 amide bonds. The quantitative estimate of drug-likeness (QED) is 0.862. The zero-order valence-corrected chi connectivity index (χ0v) is 14.0. The summed E-state index contributed by atoms with van der Waals surface area (Å²) in [6, 6.07) is 8.62. The Bertz CT molecular complexity index is 425. The van der Waals surface area contributed by atoms with Crippen LogP contribution >= 0.6 is 15.9 Å². The fourth-order valence-corrected chi connectivity index (χ4v) is 3.40. The summed E-state index contributed by atoms with van der Waals surface area (Å²) in [4.78, 5) is 4.79. The zero-order chi connectivity index (χ0) is 14.5. The molecule has 1 fully saturated rings. The highest BCUT2D eigenvalue weighted by Gasteiger charge is 2.25.